The number of amides is 2. The van der Waals surface area contributed by atoms with Gasteiger partial charge in [-0.15, -0.1) is 0 Å². The van der Waals surface area contributed by atoms with E-state index in [4.69, 9.17) is 0 Å². The smallest absolute Gasteiger partial charge is 0.251 e. The summed E-state index contributed by atoms with van der Waals surface area (Å²) < 4.78 is 27.7. The highest BCUT2D eigenvalue weighted by Gasteiger charge is 2.31. The fourth-order valence-electron chi connectivity index (χ4n) is 4.76. The number of benzene rings is 2. The van der Waals surface area contributed by atoms with Crippen LogP contribution in [0.3, 0.4) is 0 Å². The van der Waals surface area contributed by atoms with Gasteiger partial charge in [-0.3, -0.25) is 9.59 Å². The lowest BCUT2D eigenvalue weighted by Crippen LogP contribution is -2.49. The minimum Gasteiger partial charge on any atom is -0.368 e. The van der Waals surface area contributed by atoms with Gasteiger partial charge in [0.2, 0.25) is 15.9 Å². The van der Waals surface area contributed by atoms with E-state index in [1.54, 1.807) is 12.1 Å². The van der Waals surface area contributed by atoms with Crippen molar-refractivity contribution in [1.82, 2.24) is 14.5 Å². The minimum absolute atomic E-state index is 0.00780. The zero-order chi connectivity index (χ0) is 24.8. The van der Waals surface area contributed by atoms with Crippen LogP contribution < -0.4 is 10.2 Å². The number of piperidine rings is 1. The van der Waals surface area contributed by atoms with Crippen LogP contribution in [0.2, 0.25) is 0 Å². The fraction of sp³-hybridized carbons (Fsp3) is 0.462. The van der Waals surface area contributed by atoms with E-state index in [0.717, 1.165) is 38.0 Å². The van der Waals surface area contributed by atoms with Crippen LogP contribution in [0.15, 0.2) is 59.5 Å². The molecule has 2 saturated heterocycles. The fourth-order valence-corrected chi connectivity index (χ4v) is 6.50. The van der Waals surface area contributed by atoms with E-state index in [0.29, 0.717) is 19.6 Å². The maximum atomic E-state index is 13.1. The summed E-state index contributed by atoms with van der Waals surface area (Å²) >= 11 is 0. The van der Waals surface area contributed by atoms with Crippen LogP contribution >= 0.6 is 0 Å². The molecule has 0 aliphatic carbocycles. The first kappa shape index (κ1) is 25.2. The van der Waals surface area contributed by atoms with Crippen molar-refractivity contribution < 1.29 is 18.0 Å². The lowest BCUT2D eigenvalue weighted by Gasteiger charge is -2.36. The predicted molar refractivity (Wildman–Crippen MR) is 136 cm³/mol. The molecule has 35 heavy (non-hydrogen) atoms. The molecule has 2 aliphatic heterocycles. The number of anilines is 1. The normalized spacial score (nSPS) is 19.4. The van der Waals surface area contributed by atoms with Gasteiger partial charge in [-0.2, -0.15) is 4.31 Å². The van der Waals surface area contributed by atoms with Crippen molar-refractivity contribution >= 4 is 27.5 Å². The molecule has 0 radical (unpaired) electrons. The number of hydrogen-bond donors (Lipinski definition) is 1. The molecule has 2 heterocycles. The van der Waals surface area contributed by atoms with Gasteiger partial charge in [0.15, 0.2) is 0 Å². The maximum absolute atomic E-state index is 13.1. The molecular weight excluding hydrogens is 464 g/mol. The lowest BCUT2D eigenvalue weighted by atomic mass is 10.1. The van der Waals surface area contributed by atoms with Crippen LogP contribution in [0.1, 0.15) is 43.0 Å². The Balaban J connectivity index is 1.27. The summed E-state index contributed by atoms with van der Waals surface area (Å²) in [7, 11) is -3.65. The first-order chi connectivity index (χ1) is 16.9. The molecule has 0 bridgehead atoms. The van der Waals surface area contributed by atoms with Gasteiger partial charge in [-0.25, -0.2) is 8.42 Å². The van der Waals surface area contributed by atoms with Crippen molar-refractivity contribution in [2.45, 2.75) is 43.5 Å². The average molecular weight is 499 g/mol. The number of nitrogens with zero attached hydrogens (tertiary/aromatic N) is 3. The summed E-state index contributed by atoms with van der Waals surface area (Å²) in [4.78, 5) is 29.5. The van der Waals surface area contributed by atoms with Gasteiger partial charge < -0.3 is 15.1 Å². The zero-order valence-corrected chi connectivity index (χ0v) is 21.0. The number of carbonyl (C=O) groups is 2. The van der Waals surface area contributed by atoms with Gasteiger partial charge in [0.05, 0.1) is 4.90 Å². The lowest BCUT2D eigenvalue weighted by molar-refractivity contribution is -0.131. The van der Waals surface area contributed by atoms with Crippen LogP contribution in [0.4, 0.5) is 5.69 Å². The molecule has 2 amide bonds. The summed E-state index contributed by atoms with van der Waals surface area (Å²) in [5.41, 5.74) is 1.44. The Morgan fingerprint density at radius 2 is 1.69 bits per heavy atom. The van der Waals surface area contributed by atoms with Gasteiger partial charge in [0, 0.05) is 63.0 Å². The quantitative estimate of drug-likeness (QED) is 0.634. The minimum atomic E-state index is -3.65. The number of piperazine rings is 1. The van der Waals surface area contributed by atoms with Crippen LogP contribution in [0.25, 0.3) is 0 Å². The van der Waals surface area contributed by atoms with Crippen molar-refractivity contribution in [3.8, 4) is 0 Å². The summed E-state index contributed by atoms with van der Waals surface area (Å²) in [6.45, 7) is 5.48. The number of para-hydroxylation sites is 1. The molecule has 188 valence electrons. The predicted octanol–water partition coefficient (Wildman–Crippen LogP) is 2.72. The highest BCUT2D eigenvalue weighted by molar-refractivity contribution is 7.89. The van der Waals surface area contributed by atoms with Crippen molar-refractivity contribution in [2.24, 2.45) is 0 Å². The Labute approximate surface area is 207 Å². The van der Waals surface area contributed by atoms with E-state index in [1.807, 2.05) is 30.0 Å². The second kappa shape index (κ2) is 11.2. The largest absolute Gasteiger partial charge is 0.368 e. The number of rotatable bonds is 7. The molecule has 4 rings (SSSR count). The zero-order valence-electron chi connectivity index (χ0n) is 20.2. The molecular formula is C26H34N4O4S. The van der Waals surface area contributed by atoms with E-state index >= 15 is 0 Å². The van der Waals surface area contributed by atoms with Gasteiger partial charge in [0.1, 0.15) is 0 Å². The van der Waals surface area contributed by atoms with Crippen molar-refractivity contribution in [3.05, 3.63) is 60.2 Å². The standard InChI is InChI=1S/C26H34N4O4S/c1-21-8-5-6-15-30(21)35(33,34)24-12-7-9-22(20-24)26(32)27-14-13-25(31)29-18-16-28(17-19-29)23-10-3-2-4-11-23/h2-4,7,9-12,20-21H,5-6,8,13-19H2,1H3,(H,27,32). The van der Waals surface area contributed by atoms with Gasteiger partial charge in [-0.05, 0) is 50.1 Å². The van der Waals surface area contributed by atoms with E-state index in [9.17, 15) is 18.0 Å². The average Bonchev–Trinajstić information content (AvgIpc) is 2.89. The third-order valence-electron chi connectivity index (χ3n) is 6.82. The van der Waals surface area contributed by atoms with E-state index in [1.165, 1.54) is 16.4 Å². The monoisotopic (exact) mass is 498 g/mol. The van der Waals surface area contributed by atoms with Crippen LogP contribution in [0, 0.1) is 0 Å². The third-order valence-corrected chi connectivity index (χ3v) is 8.83. The number of sulfonamides is 1. The summed E-state index contributed by atoms with van der Waals surface area (Å²) in [5.74, 6) is -0.371. The molecule has 1 unspecified atom stereocenters. The Morgan fingerprint density at radius 1 is 0.943 bits per heavy atom. The van der Waals surface area contributed by atoms with Crippen LogP contribution in [0.5, 0.6) is 0 Å². The topological polar surface area (TPSA) is 90.0 Å². The second-order valence-electron chi connectivity index (χ2n) is 9.20. The van der Waals surface area contributed by atoms with Crippen LogP contribution in [-0.4, -0.2) is 74.7 Å². The first-order valence-electron chi connectivity index (χ1n) is 12.3. The van der Waals surface area contributed by atoms with Gasteiger partial charge >= 0.3 is 0 Å². The number of hydrogen-bond acceptors (Lipinski definition) is 5. The van der Waals surface area contributed by atoms with Crippen molar-refractivity contribution in [2.75, 3.05) is 44.2 Å². The Hall–Kier alpha value is -2.91. The maximum Gasteiger partial charge on any atom is 0.251 e. The van der Waals surface area contributed by atoms with Crippen LogP contribution in [-0.2, 0) is 14.8 Å². The molecule has 2 aromatic carbocycles. The van der Waals surface area contributed by atoms with E-state index in [-0.39, 0.29) is 41.3 Å². The molecule has 1 atom stereocenters. The first-order valence-corrected chi connectivity index (χ1v) is 13.8. The summed E-state index contributed by atoms with van der Waals surface area (Å²) in [5, 5.41) is 2.77. The van der Waals surface area contributed by atoms with Gasteiger partial charge in [-0.1, -0.05) is 30.7 Å². The highest BCUT2D eigenvalue weighted by atomic mass is 32.2. The Morgan fingerprint density at radius 3 is 2.40 bits per heavy atom. The second-order valence-corrected chi connectivity index (χ2v) is 11.1. The number of carbonyl (C=O) groups excluding carboxylic acids is 2. The molecule has 2 aromatic rings. The van der Waals surface area contributed by atoms with E-state index in [2.05, 4.69) is 22.3 Å². The van der Waals surface area contributed by atoms with Gasteiger partial charge in [0.25, 0.3) is 5.91 Å². The van der Waals surface area contributed by atoms with Crippen molar-refractivity contribution in [3.63, 3.8) is 0 Å². The molecule has 2 fully saturated rings. The SMILES string of the molecule is CC1CCCCN1S(=O)(=O)c1cccc(C(=O)NCCC(=O)N2CCN(c3ccccc3)CC2)c1. The Bertz CT molecular complexity index is 1130. The Kier molecular flexibility index (Phi) is 8.07. The van der Waals surface area contributed by atoms with Crippen molar-refractivity contribution in [1.29, 1.82) is 0 Å². The third kappa shape index (κ3) is 6.02. The molecule has 2 aliphatic rings. The molecule has 0 aromatic heterocycles. The van der Waals surface area contributed by atoms with E-state index < -0.39 is 10.0 Å². The summed E-state index contributed by atoms with van der Waals surface area (Å²) in [6.07, 6.45) is 2.92. The number of nitrogens with one attached hydrogen (secondary N) is 1. The molecule has 1 N–H and O–H groups in total. The molecule has 0 saturated carbocycles. The highest BCUT2D eigenvalue weighted by Crippen LogP contribution is 2.25. The molecule has 0 spiro atoms. The molecule has 9 heteroatoms. The molecule has 8 nitrogen and oxygen atoms in total. The summed E-state index contributed by atoms with van der Waals surface area (Å²) in [6, 6.07) is 16.2.